The van der Waals surface area contributed by atoms with E-state index in [1.165, 1.54) is 0 Å². The van der Waals surface area contributed by atoms with Crippen LogP contribution in [0.25, 0.3) is 0 Å². The lowest BCUT2D eigenvalue weighted by Gasteiger charge is -2.21. The molecule has 1 aromatic rings. The number of rotatable bonds is 0. The normalized spacial score (nSPS) is 22.5. The summed E-state index contributed by atoms with van der Waals surface area (Å²) < 4.78 is 7.28. The first-order chi connectivity index (χ1) is 5.27. The number of anilines is 1. The third-order valence-corrected chi connectivity index (χ3v) is 1.88. The molecule has 0 aromatic carbocycles. The fourth-order valence-corrected chi connectivity index (χ4v) is 1.23. The van der Waals surface area contributed by atoms with Crippen LogP contribution in [0.3, 0.4) is 0 Å². The van der Waals surface area contributed by atoms with Crippen molar-refractivity contribution >= 4 is 5.69 Å². The molecule has 2 rings (SSSR count). The van der Waals surface area contributed by atoms with Crippen molar-refractivity contribution < 1.29 is 4.74 Å². The summed E-state index contributed by atoms with van der Waals surface area (Å²) >= 11 is 0. The Balaban J connectivity index is 2.37. The minimum Gasteiger partial charge on any atom is -0.473 e. The molecule has 0 radical (unpaired) electrons. The Labute approximate surface area is 64.9 Å². The standard InChI is InChI=1S/C7H11N3O/c1-5-2-3-10-7(11-5)6(8)4-9-10/h4-5H,2-3,8H2,1H3/t5-/m0/s1. The lowest BCUT2D eigenvalue weighted by molar-refractivity contribution is 0.150. The van der Waals surface area contributed by atoms with Crippen molar-refractivity contribution in [1.29, 1.82) is 0 Å². The van der Waals surface area contributed by atoms with E-state index in [0.29, 0.717) is 5.69 Å². The number of hydrogen-bond acceptors (Lipinski definition) is 3. The Morgan fingerprint density at radius 1 is 1.82 bits per heavy atom. The molecule has 60 valence electrons. The Kier molecular flexibility index (Phi) is 1.27. The minimum atomic E-state index is 0.265. The van der Waals surface area contributed by atoms with Gasteiger partial charge in [0.25, 0.3) is 0 Å². The van der Waals surface area contributed by atoms with Crippen LogP contribution in [0.4, 0.5) is 5.69 Å². The Morgan fingerprint density at radius 3 is 3.45 bits per heavy atom. The molecule has 0 fully saturated rings. The fraction of sp³-hybridized carbons (Fsp3) is 0.571. The summed E-state index contributed by atoms with van der Waals surface area (Å²) in [5, 5.41) is 4.06. The van der Waals surface area contributed by atoms with Crippen LogP contribution >= 0.6 is 0 Å². The van der Waals surface area contributed by atoms with Gasteiger partial charge in [-0.2, -0.15) is 5.10 Å². The third-order valence-electron chi connectivity index (χ3n) is 1.88. The molecule has 0 aliphatic carbocycles. The van der Waals surface area contributed by atoms with Gasteiger partial charge in [0.05, 0.1) is 12.3 Å². The predicted octanol–water partition coefficient (Wildman–Crippen LogP) is 0.636. The van der Waals surface area contributed by atoms with Gasteiger partial charge in [0.1, 0.15) is 5.69 Å². The van der Waals surface area contributed by atoms with Gasteiger partial charge >= 0.3 is 0 Å². The van der Waals surface area contributed by atoms with Crippen molar-refractivity contribution in [1.82, 2.24) is 9.78 Å². The molecule has 11 heavy (non-hydrogen) atoms. The Hall–Kier alpha value is -1.19. The first-order valence-electron chi connectivity index (χ1n) is 3.75. The van der Waals surface area contributed by atoms with E-state index in [4.69, 9.17) is 10.5 Å². The second-order valence-corrected chi connectivity index (χ2v) is 2.85. The van der Waals surface area contributed by atoms with E-state index in [1.807, 2.05) is 6.92 Å². The second-order valence-electron chi connectivity index (χ2n) is 2.85. The zero-order valence-electron chi connectivity index (χ0n) is 6.45. The van der Waals surface area contributed by atoms with Crippen molar-refractivity contribution in [2.75, 3.05) is 5.73 Å². The molecule has 4 heteroatoms. The molecule has 0 saturated carbocycles. The molecule has 1 aliphatic rings. The van der Waals surface area contributed by atoms with Gasteiger partial charge in [-0.3, -0.25) is 0 Å². The summed E-state index contributed by atoms with van der Waals surface area (Å²) in [7, 11) is 0. The van der Waals surface area contributed by atoms with Gasteiger partial charge in [-0.05, 0) is 6.92 Å². The van der Waals surface area contributed by atoms with E-state index in [0.717, 1.165) is 18.8 Å². The van der Waals surface area contributed by atoms with Crippen molar-refractivity contribution in [3.8, 4) is 5.88 Å². The summed E-state index contributed by atoms with van der Waals surface area (Å²) in [5.41, 5.74) is 6.25. The number of ether oxygens (including phenoxy) is 1. The van der Waals surface area contributed by atoms with E-state index < -0.39 is 0 Å². The average molecular weight is 153 g/mol. The maximum Gasteiger partial charge on any atom is 0.235 e. The molecular formula is C7H11N3O. The van der Waals surface area contributed by atoms with E-state index in [1.54, 1.807) is 10.9 Å². The minimum absolute atomic E-state index is 0.265. The van der Waals surface area contributed by atoms with Crippen LogP contribution in [0, 0.1) is 0 Å². The number of fused-ring (bicyclic) bond motifs is 1. The molecule has 0 bridgehead atoms. The van der Waals surface area contributed by atoms with Crippen LogP contribution in [0.5, 0.6) is 5.88 Å². The van der Waals surface area contributed by atoms with Crippen LogP contribution in [0.15, 0.2) is 6.20 Å². The SMILES string of the molecule is C[C@H]1CCn2ncc(N)c2O1. The lowest BCUT2D eigenvalue weighted by atomic mass is 10.2. The molecule has 4 nitrogen and oxygen atoms in total. The fourth-order valence-electron chi connectivity index (χ4n) is 1.23. The van der Waals surface area contributed by atoms with Gasteiger partial charge in [0, 0.05) is 13.0 Å². The quantitative estimate of drug-likeness (QED) is 0.595. The second kappa shape index (κ2) is 2.15. The summed E-state index contributed by atoms with van der Waals surface area (Å²) in [4.78, 5) is 0. The topological polar surface area (TPSA) is 53.1 Å². The first kappa shape index (κ1) is 6.52. The maximum absolute atomic E-state index is 5.62. The van der Waals surface area contributed by atoms with Crippen LogP contribution in [-0.4, -0.2) is 15.9 Å². The summed E-state index contributed by atoms with van der Waals surface area (Å²) in [6, 6.07) is 0. The summed E-state index contributed by atoms with van der Waals surface area (Å²) in [5.74, 6) is 0.726. The van der Waals surface area contributed by atoms with Gasteiger partial charge in [0.15, 0.2) is 0 Å². The van der Waals surface area contributed by atoms with Crippen molar-refractivity contribution in [2.24, 2.45) is 0 Å². The molecular weight excluding hydrogens is 142 g/mol. The van der Waals surface area contributed by atoms with Gasteiger partial charge in [-0.15, -0.1) is 0 Å². The highest BCUT2D eigenvalue weighted by Crippen LogP contribution is 2.26. The average Bonchev–Trinajstić information content (AvgIpc) is 2.33. The van der Waals surface area contributed by atoms with Crippen molar-refractivity contribution in [3.63, 3.8) is 0 Å². The van der Waals surface area contributed by atoms with E-state index in [2.05, 4.69) is 5.10 Å². The van der Waals surface area contributed by atoms with Crippen LogP contribution in [0.1, 0.15) is 13.3 Å². The number of hydrogen-bond donors (Lipinski definition) is 1. The highest BCUT2D eigenvalue weighted by Gasteiger charge is 2.18. The van der Waals surface area contributed by atoms with E-state index in [9.17, 15) is 0 Å². The molecule has 2 heterocycles. The van der Waals surface area contributed by atoms with E-state index >= 15 is 0 Å². The molecule has 1 aromatic heterocycles. The third kappa shape index (κ3) is 0.943. The Morgan fingerprint density at radius 2 is 2.64 bits per heavy atom. The van der Waals surface area contributed by atoms with Gasteiger partial charge in [-0.1, -0.05) is 0 Å². The first-order valence-corrected chi connectivity index (χ1v) is 3.75. The van der Waals surface area contributed by atoms with Crippen molar-refractivity contribution in [2.45, 2.75) is 26.0 Å². The monoisotopic (exact) mass is 153 g/mol. The van der Waals surface area contributed by atoms with E-state index in [-0.39, 0.29) is 6.10 Å². The zero-order valence-corrected chi connectivity index (χ0v) is 6.45. The molecule has 1 aliphatic heterocycles. The number of nitrogens with zero attached hydrogens (tertiary/aromatic N) is 2. The molecule has 0 spiro atoms. The number of nitrogen functional groups attached to an aromatic ring is 1. The highest BCUT2D eigenvalue weighted by atomic mass is 16.5. The molecule has 1 atom stereocenters. The highest BCUT2D eigenvalue weighted by molar-refractivity contribution is 5.46. The smallest absolute Gasteiger partial charge is 0.235 e. The molecule has 0 unspecified atom stereocenters. The zero-order chi connectivity index (χ0) is 7.84. The van der Waals surface area contributed by atoms with Crippen LogP contribution < -0.4 is 10.5 Å². The number of aryl methyl sites for hydroxylation is 1. The molecule has 2 N–H and O–H groups in total. The molecule has 0 amide bonds. The Bertz CT molecular complexity index is 269. The molecule has 0 saturated heterocycles. The number of aromatic nitrogens is 2. The van der Waals surface area contributed by atoms with Crippen LogP contribution in [-0.2, 0) is 6.54 Å². The predicted molar refractivity (Wildman–Crippen MR) is 41.3 cm³/mol. The van der Waals surface area contributed by atoms with Crippen LogP contribution in [0.2, 0.25) is 0 Å². The largest absolute Gasteiger partial charge is 0.473 e. The lowest BCUT2D eigenvalue weighted by Crippen LogP contribution is -2.23. The summed E-state index contributed by atoms with van der Waals surface area (Å²) in [6.45, 7) is 2.95. The van der Waals surface area contributed by atoms with Gasteiger partial charge in [-0.25, -0.2) is 4.68 Å². The number of nitrogens with two attached hydrogens (primary N) is 1. The van der Waals surface area contributed by atoms with Gasteiger partial charge in [0.2, 0.25) is 5.88 Å². The van der Waals surface area contributed by atoms with Gasteiger partial charge < -0.3 is 10.5 Å². The van der Waals surface area contributed by atoms with Crippen molar-refractivity contribution in [3.05, 3.63) is 6.20 Å². The summed E-state index contributed by atoms with van der Waals surface area (Å²) in [6.07, 6.45) is 2.91. The maximum atomic E-state index is 5.62.